The van der Waals surface area contributed by atoms with Crippen LogP contribution in [0.4, 0.5) is 10.1 Å². The number of piperazine rings is 1. The monoisotopic (exact) mass is 518 g/mol. The molecule has 3 aromatic rings. The number of hydrogen-bond acceptors (Lipinski definition) is 4. The van der Waals surface area contributed by atoms with Gasteiger partial charge in [-0.25, -0.2) is 4.39 Å². The highest BCUT2D eigenvalue weighted by Crippen LogP contribution is 2.42. The van der Waals surface area contributed by atoms with Crippen molar-refractivity contribution in [1.29, 1.82) is 0 Å². The van der Waals surface area contributed by atoms with E-state index in [9.17, 15) is 9.50 Å². The van der Waals surface area contributed by atoms with Crippen LogP contribution in [0.1, 0.15) is 63.0 Å². The molecule has 4 nitrogen and oxygen atoms in total. The second-order valence-electron chi connectivity index (χ2n) is 10.5. The molecule has 0 bridgehead atoms. The van der Waals surface area contributed by atoms with Gasteiger partial charge in [0.2, 0.25) is 0 Å². The summed E-state index contributed by atoms with van der Waals surface area (Å²) in [4.78, 5) is 4.78. The first-order chi connectivity index (χ1) is 18.5. The highest BCUT2D eigenvalue weighted by Gasteiger charge is 2.40. The molecule has 1 aliphatic heterocycles. The molecule has 1 fully saturated rings. The number of rotatable bonds is 13. The third kappa shape index (κ3) is 7.15. The van der Waals surface area contributed by atoms with Crippen molar-refractivity contribution in [3.63, 3.8) is 0 Å². The largest absolute Gasteiger partial charge is 0.494 e. The number of anilines is 1. The van der Waals surface area contributed by atoms with E-state index in [4.69, 9.17) is 4.74 Å². The fourth-order valence-electron chi connectivity index (χ4n) is 5.46. The van der Waals surface area contributed by atoms with Gasteiger partial charge in [0.15, 0.2) is 0 Å². The number of ether oxygens (including phenoxy) is 1. The van der Waals surface area contributed by atoms with E-state index >= 15 is 0 Å². The highest BCUT2D eigenvalue weighted by atomic mass is 19.1. The normalized spacial score (nSPS) is 16.7. The van der Waals surface area contributed by atoms with Crippen LogP contribution in [0.5, 0.6) is 5.75 Å². The fraction of sp³-hybridized carbons (Fsp3) is 0.455. The molecule has 0 aromatic heterocycles. The summed E-state index contributed by atoms with van der Waals surface area (Å²) >= 11 is 0. The van der Waals surface area contributed by atoms with Gasteiger partial charge < -0.3 is 14.7 Å². The van der Waals surface area contributed by atoms with Crippen molar-refractivity contribution >= 4 is 5.69 Å². The number of benzene rings is 3. The molecule has 0 saturated carbocycles. The quantitative estimate of drug-likeness (QED) is 0.248. The Morgan fingerprint density at radius 1 is 0.842 bits per heavy atom. The Kier molecular flexibility index (Phi) is 10.2. The predicted molar refractivity (Wildman–Crippen MR) is 155 cm³/mol. The Morgan fingerprint density at radius 3 is 2.13 bits per heavy atom. The molecule has 0 amide bonds. The van der Waals surface area contributed by atoms with Gasteiger partial charge in [-0.3, -0.25) is 4.90 Å². The summed E-state index contributed by atoms with van der Waals surface area (Å²) in [5, 5.41) is 12.5. The van der Waals surface area contributed by atoms with Gasteiger partial charge in [-0.1, -0.05) is 75.6 Å². The summed E-state index contributed by atoms with van der Waals surface area (Å²) < 4.78 is 19.3. The van der Waals surface area contributed by atoms with E-state index in [2.05, 4.69) is 60.0 Å². The van der Waals surface area contributed by atoms with Gasteiger partial charge in [0.25, 0.3) is 0 Å². The molecule has 1 saturated heterocycles. The van der Waals surface area contributed by atoms with E-state index in [1.807, 2.05) is 30.3 Å². The lowest BCUT2D eigenvalue weighted by Crippen LogP contribution is -2.50. The summed E-state index contributed by atoms with van der Waals surface area (Å²) in [6.45, 7) is 9.38. The van der Waals surface area contributed by atoms with Crippen LogP contribution in [0.15, 0.2) is 78.9 Å². The van der Waals surface area contributed by atoms with Crippen LogP contribution in [0.3, 0.4) is 0 Å². The summed E-state index contributed by atoms with van der Waals surface area (Å²) in [5.74, 6) is 0.581. The fourth-order valence-corrected chi connectivity index (χ4v) is 5.46. The molecule has 1 N–H and O–H groups in total. The zero-order chi connectivity index (χ0) is 26.8. The molecule has 0 radical (unpaired) electrons. The average molecular weight is 519 g/mol. The van der Waals surface area contributed by atoms with Crippen molar-refractivity contribution in [2.24, 2.45) is 0 Å². The van der Waals surface area contributed by atoms with E-state index in [0.717, 1.165) is 81.0 Å². The van der Waals surface area contributed by atoms with E-state index < -0.39 is 5.60 Å². The molecular weight excluding hydrogens is 475 g/mol. The van der Waals surface area contributed by atoms with Crippen LogP contribution in [-0.4, -0.2) is 49.3 Å². The Hall–Kier alpha value is -2.89. The second-order valence-corrected chi connectivity index (χ2v) is 10.5. The predicted octanol–water partition coefficient (Wildman–Crippen LogP) is 6.99. The van der Waals surface area contributed by atoms with Crippen LogP contribution < -0.4 is 9.64 Å². The van der Waals surface area contributed by atoms with Gasteiger partial charge in [-0.15, -0.1) is 0 Å². The SMILES string of the molecule is CCCCOc1ccc(C(O)(CCCC)C(CN2CCN(c3ccc(F)cc3)CC2)c2ccccc2)cc1. The van der Waals surface area contributed by atoms with E-state index in [1.165, 1.54) is 12.1 Å². The Balaban J connectivity index is 1.55. The van der Waals surface area contributed by atoms with Crippen LogP contribution in [0.2, 0.25) is 0 Å². The molecule has 5 heteroatoms. The molecular formula is C33H43FN2O2. The summed E-state index contributed by atoms with van der Waals surface area (Å²) in [6, 6.07) is 25.4. The minimum atomic E-state index is -0.993. The first-order valence-corrected chi connectivity index (χ1v) is 14.3. The van der Waals surface area contributed by atoms with Crippen LogP contribution >= 0.6 is 0 Å². The molecule has 4 rings (SSSR count). The smallest absolute Gasteiger partial charge is 0.123 e. The third-order valence-corrected chi connectivity index (χ3v) is 7.82. The molecule has 2 atom stereocenters. The first-order valence-electron chi connectivity index (χ1n) is 14.3. The van der Waals surface area contributed by atoms with Crippen molar-refractivity contribution in [2.75, 3.05) is 44.2 Å². The molecule has 0 spiro atoms. The molecule has 3 aromatic carbocycles. The lowest BCUT2D eigenvalue weighted by atomic mass is 9.74. The zero-order valence-corrected chi connectivity index (χ0v) is 23.0. The van der Waals surface area contributed by atoms with Crippen molar-refractivity contribution in [3.8, 4) is 5.75 Å². The molecule has 38 heavy (non-hydrogen) atoms. The third-order valence-electron chi connectivity index (χ3n) is 7.82. The summed E-state index contributed by atoms with van der Waals surface area (Å²) in [7, 11) is 0. The van der Waals surface area contributed by atoms with E-state index in [0.29, 0.717) is 13.0 Å². The van der Waals surface area contributed by atoms with Crippen molar-refractivity contribution in [3.05, 3.63) is 95.8 Å². The van der Waals surface area contributed by atoms with Gasteiger partial charge in [0.1, 0.15) is 11.6 Å². The van der Waals surface area contributed by atoms with Gasteiger partial charge in [-0.05, 0) is 60.4 Å². The maximum atomic E-state index is 13.4. The average Bonchev–Trinajstić information content (AvgIpc) is 2.96. The minimum Gasteiger partial charge on any atom is -0.494 e. The van der Waals surface area contributed by atoms with Crippen molar-refractivity contribution in [2.45, 2.75) is 57.5 Å². The minimum absolute atomic E-state index is 0.0699. The van der Waals surface area contributed by atoms with Gasteiger partial charge in [-0.2, -0.15) is 0 Å². The van der Waals surface area contributed by atoms with Crippen LogP contribution in [-0.2, 0) is 5.60 Å². The van der Waals surface area contributed by atoms with Crippen molar-refractivity contribution < 1.29 is 14.2 Å². The Labute approximate surface area is 228 Å². The number of nitrogens with zero attached hydrogens (tertiary/aromatic N) is 2. The van der Waals surface area contributed by atoms with Crippen LogP contribution in [0.25, 0.3) is 0 Å². The second kappa shape index (κ2) is 13.8. The van der Waals surface area contributed by atoms with Crippen LogP contribution in [0, 0.1) is 5.82 Å². The molecule has 1 heterocycles. The number of halogens is 1. The molecule has 1 aliphatic rings. The zero-order valence-electron chi connectivity index (χ0n) is 23.0. The van der Waals surface area contributed by atoms with Gasteiger partial charge in [0, 0.05) is 44.3 Å². The molecule has 2 unspecified atom stereocenters. The topological polar surface area (TPSA) is 35.9 Å². The summed E-state index contributed by atoms with van der Waals surface area (Å²) in [5.41, 5.74) is 2.18. The summed E-state index contributed by atoms with van der Waals surface area (Å²) in [6.07, 6.45) is 4.82. The van der Waals surface area contributed by atoms with E-state index in [-0.39, 0.29) is 11.7 Å². The maximum Gasteiger partial charge on any atom is 0.123 e. The van der Waals surface area contributed by atoms with Gasteiger partial charge >= 0.3 is 0 Å². The Bertz CT molecular complexity index is 1080. The van der Waals surface area contributed by atoms with Crippen molar-refractivity contribution in [1.82, 2.24) is 4.90 Å². The maximum absolute atomic E-state index is 13.4. The standard InChI is InChI=1S/C33H43FN2O2/c1-3-5-20-33(37,28-12-18-31(19-13-28)38-25-6-4-2)32(27-10-8-7-9-11-27)26-35-21-23-36(24-22-35)30-16-14-29(34)15-17-30/h7-19,32,37H,3-6,20-26H2,1-2H3. The first kappa shape index (κ1) is 28.1. The number of hydrogen-bond donors (Lipinski definition) is 1. The Morgan fingerprint density at radius 2 is 1.50 bits per heavy atom. The number of unbranched alkanes of at least 4 members (excludes halogenated alkanes) is 2. The number of aliphatic hydroxyl groups is 1. The van der Waals surface area contributed by atoms with Gasteiger partial charge in [0.05, 0.1) is 12.2 Å². The highest BCUT2D eigenvalue weighted by molar-refractivity contribution is 5.46. The lowest BCUT2D eigenvalue weighted by Gasteiger charge is -2.43. The van der Waals surface area contributed by atoms with E-state index in [1.54, 1.807) is 0 Å². The lowest BCUT2D eigenvalue weighted by molar-refractivity contribution is -0.0153. The molecule has 204 valence electrons. The molecule has 0 aliphatic carbocycles.